The third-order valence-electron chi connectivity index (χ3n) is 7.93. The predicted octanol–water partition coefficient (Wildman–Crippen LogP) is 1.65. The summed E-state index contributed by atoms with van der Waals surface area (Å²) in [5, 5.41) is 13.0. The van der Waals surface area contributed by atoms with Crippen molar-refractivity contribution in [3.63, 3.8) is 0 Å². The number of hydrogen-bond acceptors (Lipinski definition) is 6. The Labute approximate surface area is 194 Å². The third-order valence-corrected chi connectivity index (χ3v) is 7.93. The van der Waals surface area contributed by atoms with Gasteiger partial charge in [-0.25, -0.2) is 0 Å². The fourth-order valence-corrected chi connectivity index (χ4v) is 6.26. The molecule has 3 saturated heterocycles. The highest BCUT2D eigenvalue weighted by molar-refractivity contribution is 5.98. The summed E-state index contributed by atoms with van der Waals surface area (Å²) in [6.45, 7) is 7.68. The van der Waals surface area contributed by atoms with E-state index >= 15 is 0 Å². The summed E-state index contributed by atoms with van der Waals surface area (Å²) in [7, 11) is 0. The summed E-state index contributed by atoms with van der Waals surface area (Å²) < 4.78 is 11.9. The lowest BCUT2D eigenvalue weighted by atomic mass is 9.62. The Balaban J connectivity index is 1.74. The quantitative estimate of drug-likeness (QED) is 0.574. The van der Waals surface area contributed by atoms with Crippen LogP contribution in [0.5, 0.6) is 0 Å². The number of ether oxygens (including phenoxy) is 2. The SMILES string of the molecule is CCOC(=O)[C@@H]1[C@H]2C(=O)N([C@@H](CC)CO)C(C(=O)NCc3ccccc3)C23CC(C)[C@@]1(C)O3. The molecule has 3 unspecified atom stereocenters. The van der Waals surface area contributed by atoms with E-state index in [-0.39, 0.29) is 30.9 Å². The van der Waals surface area contributed by atoms with Crippen molar-refractivity contribution in [2.24, 2.45) is 17.8 Å². The summed E-state index contributed by atoms with van der Waals surface area (Å²) in [4.78, 5) is 42.0. The van der Waals surface area contributed by atoms with E-state index in [0.29, 0.717) is 19.4 Å². The highest BCUT2D eigenvalue weighted by Crippen LogP contribution is 2.65. The molecule has 33 heavy (non-hydrogen) atoms. The van der Waals surface area contributed by atoms with Gasteiger partial charge < -0.3 is 24.8 Å². The van der Waals surface area contributed by atoms with Gasteiger partial charge in [0.25, 0.3) is 0 Å². The molecule has 1 spiro atoms. The van der Waals surface area contributed by atoms with Gasteiger partial charge in [0, 0.05) is 6.54 Å². The van der Waals surface area contributed by atoms with E-state index in [4.69, 9.17) is 9.47 Å². The van der Waals surface area contributed by atoms with Crippen LogP contribution in [-0.2, 0) is 30.4 Å². The minimum atomic E-state index is -1.13. The Hall–Kier alpha value is -2.45. The van der Waals surface area contributed by atoms with Gasteiger partial charge in [0.15, 0.2) is 0 Å². The van der Waals surface area contributed by atoms with Crippen molar-refractivity contribution in [2.45, 2.75) is 70.4 Å². The lowest BCUT2D eigenvalue weighted by Gasteiger charge is -2.36. The number of benzene rings is 1. The molecule has 0 saturated carbocycles. The second-order valence-electron chi connectivity index (χ2n) is 9.65. The zero-order chi connectivity index (χ0) is 24.0. The van der Waals surface area contributed by atoms with Gasteiger partial charge in [0.05, 0.1) is 30.8 Å². The lowest BCUT2D eigenvalue weighted by molar-refractivity contribution is -0.162. The number of rotatable bonds is 8. The lowest BCUT2D eigenvalue weighted by Crippen LogP contribution is -2.58. The summed E-state index contributed by atoms with van der Waals surface area (Å²) in [5.41, 5.74) is -1.09. The van der Waals surface area contributed by atoms with Crippen molar-refractivity contribution < 1.29 is 29.0 Å². The number of likely N-dealkylation sites (tertiary alicyclic amines) is 1. The van der Waals surface area contributed by atoms with E-state index in [1.807, 2.05) is 51.1 Å². The second-order valence-corrected chi connectivity index (χ2v) is 9.65. The molecular formula is C25H34N2O6. The number of fused-ring (bicyclic) bond motifs is 1. The Bertz CT molecular complexity index is 919. The van der Waals surface area contributed by atoms with Crippen molar-refractivity contribution in [2.75, 3.05) is 13.2 Å². The Morgan fingerprint density at radius 2 is 2.00 bits per heavy atom. The van der Waals surface area contributed by atoms with Crippen molar-refractivity contribution in [3.8, 4) is 0 Å². The van der Waals surface area contributed by atoms with Crippen LogP contribution in [-0.4, -0.2) is 64.3 Å². The van der Waals surface area contributed by atoms with E-state index in [0.717, 1.165) is 5.56 Å². The number of carbonyl (C=O) groups is 3. The minimum absolute atomic E-state index is 0.0467. The van der Waals surface area contributed by atoms with E-state index < -0.39 is 41.1 Å². The maximum absolute atomic E-state index is 13.8. The summed E-state index contributed by atoms with van der Waals surface area (Å²) >= 11 is 0. The van der Waals surface area contributed by atoms with Gasteiger partial charge in [-0.2, -0.15) is 0 Å². The van der Waals surface area contributed by atoms with Crippen LogP contribution in [0.15, 0.2) is 30.3 Å². The first-order chi connectivity index (χ1) is 15.7. The van der Waals surface area contributed by atoms with Crippen molar-refractivity contribution in [3.05, 3.63) is 35.9 Å². The van der Waals surface area contributed by atoms with Crippen molar-refractivity contribution in [1.29, 1.82) is 0 Å². The summed E-state index contributed by atoms with van der Waals surface area (Å²) in [5.74, 6) is -2.76. The molecule has 1 aromatic rings. The topological polar surface area (TPSA) is 105 Å². The van der Waals surface area contributed by atoms with Gasteiger partial charge >= 0.3 is 5.97 Å². The fourth-order valence-electron chi connectivity index (χ4n) is 6.26. The van der Waals surface area contributed by atoms with Gasteiger partial charge in [-0.1, -0.05) is 44.2 Å². The number of esters is 1. The summed E-state index contributed by atoms with van der Waals surface area (Å²) in [6, 6.07) is 8.06. The second kappa shape index (κ2) is 8.72. The van der Waals surface area contributed by atoms with Gasteiger partial charge in [0.2, 0.25) is 11.8 Å². The maximum atomic E-state index is 13.8. The number of nitrogens with one attached hydrogen (secondary N) is 1. The molecule has 2 N–H and O–H groups in total. The number of amides is 2. The highest BCUT2D eigenvalue weighted by Gasteiger charge is 2.80. The molecule has 0 aromatic heterocycles. The Kier molecular flexibility index (Phi) is 6.26. The molecule has 8 nitrogen and oxygen atoms in total. The first-order valence-electron chi connectivity index (χ1n) is 11.9. The van der Waals surface area contributed by atoms with Gasteiger partial charge in [-0.3, -0.25) is 14.4 Å². The fraction of sp³-hybridized carbons (Fsp3) is 0.640. The van der Waals surface area contributed by atoms with Gasteiger partial charge in [-0.05, 0) is 38.2 Å². The van der Waals surface area contributed by atoms with Crippen LogP contribution in [0.2, 0.25) is 0 Å². The zero-order valence-electron chi connectivity index (χ0n) is 19.7. The van der Waals surface area contributed by atoms with Crippen LogP contribution >= 0.6 is 0 Å². The molecule has 3 aliphatic rings. The number of hydrogen-bond donors (Lipinski definition) is 2. The van der Waals surface area contributed by atoms with E-state index in [1.54, 1.807) is 6.92 Å². The van der Waals surface area contributed by atoms with E-state index in [2.05, 4.69) is 5.32 Å². The molecule has 0 aliphatic carbocycles. The zero-order valence-corrected chi connectivity index (χ0v) is 19.7. The van der Waals surface area contributed by atoms with E-state index in [9.17, 15) is 19.5 Å². The monoisotopic (exact) mass is 458 g/mol. The first-order valence-corrected chi connectivity index (χ1v) is 11.9. The van der Waals surface area contributed by atoms with Crippen LogP contribution in [0.4, 0.5) is 0 Å². The molecular weight excluding hydrogens is 424 g/mol. The molecule has 2 amide bonds. The molecule has 180 valence electrons. The normalized spacial score (nSPS) is 35.4. The highest BCUT2D eigenvalue weighted by atomic mass is 16.6. The Morgan fingerprint density at radius 3 is 2.61 bits per heavy atom. The minimum Gasteiger partial charge on any atom is -0.466 e. The molecule has 3 aliphatic heterocycles. The van der Waals surface area contributed by atoms with E-state index in [1.165, 1.54) is 4.90 Å². The van der Waals surface area contributed by atoms with Crippen LogP contribution in [0, 0.1) is 17.8 Å². The average molecular weight is 459 g/mol. The number of aliphatic hydroxyl groups excluding tert-OH is 1. The average Bonchev–Trinajstić information content (AvgIpc) is 3.31. The predicted molar refractivity (Wildman–Crippen MR) is 120 cm³/mol. The standard InChI is InChI=1S/C25H34N2O6/c1-5-17(14-28)27-20(21(29)26-13-16-10-8-7-9-11-16)25-12-15(3)24(4,33-25)19(18(25)22(27)30)23(31)32-6-2/h7-11,15,17-20,28H,5-6,12-14H2,1-4H3,(H,26,29)/t15?,17-,18-,19-,20?,24+,25?/m0/s1. The molecule has 0 radical (unpaired) electrons. The Morgan fingerprint density at radius 1 is 1.30 bits per heavy atom. The number of carbonyl (C=O) groups excluding carboxylic acids is 3. The summed E-state index contributed by atoms with van der Waals surface area (Å²) in [6.07, 6.45) is 0.960. The number of nitrogens with zero attached hydrogens (tertiary/aromatic N) is 1. The molecule has 3 heterocycles. The van der Waals surface area contributed by atoms with Gasteiger partial charge in [-0.15, -0.1) is 0 Å². The molecule has 8 heteroatoms. The van der Waals surface area contributed by atoms with Crippen LogP contribution in [0.25, 0.3) is 0 Å². The third kappa shape index (κ3) is 3.46. The molecule has 4 rings (SSSR count). The molecule has 7 atom stereocenters. The van der Waals surface area contributed by atoms with Crippen LogP contribution in [0.1, 0.15) is 46.1 Å². The first kappa shape index (κ1) is 23.7. The smallest absolute Gasteiger partial charge is 0.312 e. The van der Waals surface area contributed by atoms with Crippen LogP contribution < -0.4 is 5.32 Å². The number of aliphatic hydroxyl groups is 1. The van der Waals surface area contributed by atoms with Crippen molar-refractivity contribution in [1.82, 2.24) is 10.2 Å². The molecule has 1 aromatic carbocycles. The largest absolute Gasteiger partial charge is 0.466 e. The maximum Gasteiger partial charge on any atom is 0.312 e. The van der Waals surface area contributed by atoms with Crippen LogP contribution in [0.3, 0.4) is 0 Å². The molecule has 2 bridgehead atoms. The van der Waals surface area contributed by atoms with Crippen molar-refractivity contribution >= 4 is 17.8 Å². The molecule has 3 fully saturated rings. The van der Waals surface area contributed by atoms with Gasteiger partial charge in [0.1, 0.15) is 17.6 Å².